The van der Waals surface area contributed by atoms with Crippen molar-refractivity contribution >= 4 is 28.5 Å². The number of hydrogen-bond acceptors (Lipinski definition) is 4. The quantitative estimate of drug-likeness (QED) is 0.693. The van der Waals surface area contributed by atoms with Gasteiger partial charge in [0.25, 0.3) is 0 Å². The van der Waals surface area contributed by atoms with E-state index in [0.717, 1.165) is 5.69 Å². The van der Waals surface area contributed by atoms with Gasteiger partial charge < -0.3 is 19.7 Å². The number of aryl methyl sites for hydroxylation is 1. The van der Waals surface area contributed by atoms with Gasteiger partial charge in [-0.05, 0) is 18.2 Å². The molecule has 2 heterocycles. The van der Waals surface area contributed by atoms with Gasteiger partial charge in [0.2, 0.25) is 0 Å². The minimum Gasteiger partial charge on any atom is -0.480 e. The molecule has 1 aromatic heterocycles. The molecule has 7 heteroatoms. The summed E-state index contributed by atoms with van der Waals surface area (Å²) in [7, 11) is 1.67. The van der Waals surface area contributed by atoms with Gasteiger partial charge in [-0.15, -0.1) is 0 Å². The van der Waals surface area contributed by atoms with Crippen molar-refractivity contribution in [2.75, 3.05) is 31.1 Å². The molecule has 1 saturated heterocycles. The second kappa shape index (κ2) is 7.60. The first-order valence-electron chi connectivity index (χ1n) is 9.56. The van der Waals surface area contributed by atoms with E-state index >= 15 is 0 Å². The van der Waals surface area contributed by atoms with E-state index in [1.54, 1.807) is 17.7 Å². The van der Waals surface area contributed by atoms with Crippen LogP contribution in [-0.2, 0) is 11.8 Å². The molecule has 0 saturated carbocycles. The van der Waals surface area contributed by atoms with Crippen LogP contribution in [0.2, 0.25) is 0 Å². The summed E-state index contributed by atoms with van der Waals surface area (Å²) >= 11 is 0. The molecule has 2 aromatic carbocycles. The smallest absolute Gasteiger partial charge is 0.352 e. The molecule has 0 amide bonds. The van der Waals surface area contributed by atoms with Gasteiger partial charge in [0.05, 0.1) is 0 Å². The lowest BCUT2D eigenvalue weighted by Gasteiger charge is -2.39. The summed E-state index contributed by atoms with van der Waals surface area (Å²) in [5.74, 6) is -2.15. The van der Waals surface area contributed by atoms with Crippen LogP contribution in [0.25, 0.3) is 10.9 Å². The van der Waals surface area contributed by atoms with Crippen LogP contribution in [0.3, 0.4) is 0 Å². The molecule has 1 aliphatic heterocycles. The Labute approximate surface area is 168 Å². The van der Waals surface area contributed by atoms with E-state index in [4.69, 9.17) is 0 Å². The number of anilines is 1. The summed E-state index contributed by atoms with van der Waals surface area (Å²) in [6.45, 7) is 2.43. The second-order valence-corrected chi connectivity index (χ2v) is 7.24. The number of benzene rings is 2. The van der Waals surface area contributed by atoms with Crippen LogP contribution in [0.5, 0.6) is 0 Å². The monoisotopic (exact) mass is 393 g/mol. The largest absolute Gasteiger partial charge is 0.480 e. The Balaban J connectivity index is 1.70. The molecule has 29 heavy (non-hydrogen) atoms. The molecule has 1 fully saturated rings. The fraction of sp³-hybridized carbons (Fsp3) is 0.273. The number of aliphatic carboxylic acids is 1. The predicted octanol–water partition coefficient (Wildman–Crippen LogP) is 2.82. The number of hydrogen-bond donors (Lipinski definition) is 2. The highest BCUT2D eigenvalue weighted by atomic mass is 16.4. The third-order valence-electron chi connectivity index (χ3n) is 5.66. The molecule has 1 aliphatic rings. The number of rotatable bonds is 5. The number of carbonyl (C=O) groups is 2. The number of carboxylic acid groups (broad SMARTS) is 2. The van der Waals surface area contributed by atoms with Crippen molar-refractivity contribution in [3.8, 4) is 0 Å². The lowest BCUT2D eigenvalue weighted by Crippen LogP contribution is -2.49. The SMILES string of the molecule is Cn1c(C(=O)O)c([C@H](C(=O)O)N2CCN(c3ccccc3)CC2)c2ccccc21. The van der Waals surface area contributed by atoms with Gasteiger partial charge in [0, 0.05) is 55.4 Å². The van der Waals surface area contributed by atoms with Crippen LogP contribution in [-0.4, -0.2) is 57.8 Å². The summed E-state index contributed by atoms with van der Waals surface area (Å²) in [5.41, 5.74) is 2.21. The van der Waals surface area contributed by atoms with Crippen LogP contribution in [0, 0.1) is 0 Å². The first kappa shape index (κ1) is 19.0. The van der Waals surface area contributed by atoms with Gasteiger partial charge >= 0.3 is 11.9 Å². The molecule has 0 radical (unpaired) electrons. The Morgan fingerprint density at radius 2 is 1.52 bits per heavy atom. The second-order valence-electron chi connectivity index (χ2n) is 7.24. The van der Waals surface area contributed by atoms with E-state index in [1.807, 2.05) is 53.4 Å². The van der Waals surface area contributed by atoms with E-state index in [0.29, 0.717) is 42.6 Å². The average molecular weight is 393 g/mol. The third kappa shape index (κ3) is 3.34. The molecule has 1 atom stereocenters. The fourth-order valence-corrected chi connectivity index (χ4v) is 4.30. The Bertz CT molecular complexity index is 1050. The van der Waals surface area contributed by atoms with Gasteiger partial charge in [-0.25, -0.2) is 4.79 Å². The number of carboxylic acids is 2. The standard InChI is InChI=1S/C22H23N3O4/c1-23-17-10-6-5-9-16(17)18(19(23)21(26)27)20(22(28)29)25-13-11-24(12-14-25)15-7-3-2-4-8-15/h2-10,20H,11-14H2,1H3,(H,26,27)(H,28,29)/t20-/m1/s1. The number of aromatic carboxylic acids is 1. The van der Waals surface area contributed by atoms with Crippen molar-refractivity contribution in [3.63, 3.8) is 0 Å². The highest BCUT2D eigenvalue weighted by molar-refractivity contribution is 6.01. The Hall–Kier alpha value is -3.32. The van der Waals surface area contributed by atoms with Gasteiger partial charge in [-0.3, -0.25) is 9.69 Å². The van der Waals surface area contributed by atoms with Crippen molar-refractivity contribution in [1.29, 1.82) is 0 Å². The van der Waals surface area contributed by atoms with Gasteiger partial charge in [0.15, 0.2) is 0 Å². The highest BCUT2D eigenvalue weighted by Gasteiger charge is 2.36. The van der Waals surface area contributed by atoms with Gasteiger partial charge in [0.1, 0.15) is 11.7 Å². The number of aromatic nitrogens is 1. The molecular weight excluding hydrogens is 370 g/mol. The molecule has 150 valence electrons. The van der Waals surface area contributed by atoms with E-state index in [1.165, 1.54) is 0 Å². The van der Waals surface area contributed by atoms with E-state index in [2.05, 4.69) is 4.90 Å². The molecule has 2 N–H and O–H groups in total. The van der Waals surface area contributed by atoms with Crippen molar-refractivity contribution < 1.29 is 19.8 Å². The maximum Gasteiger partial charge on any atom is 0.352 e. The number of nitrogens with zero attached hydrogens (tertiary/aromatic N) is 3. The zero-order valence-electron chi connectivity index (χ0n) is 16.2. The zero-order chi connectivity index (χ0) is 20.5. The minimum absolute atomic E-state index is 0.0316. The molecule has 0 unspecified atom stereocenters. The lowest BCUT2D eigenvalue weighted by atomic mass is 10.00. The Kier molecular flexibility index (Phi) is 4.98. The maximum atomic E-state index is 12.3. The summed E-state index contributed by atoms with van der Waals surface area (Å²) in [6, 6.07) is 16.3. The summed E-state index contributed by atoms with van der Waals surface area (Å²) < 4.78 is 1.57. The van der Waals surface area contributed by atoms with Crippen LogP contribution < -0.4 is 4.90 Å². The van der Waals surface area contributed by atoms with Crippen molar-refractivity contribution in [3.05, 3.63) is 65.9 Å². The first-order chi connectivity index (χ1) is 14.0. The Morgan fingerprint density at radius 1 is 0.897 bits per heavy atom. The minimum atomic E-state index is -1.12. The van der Waals surface area contributed by atoms with Crippen LogP contribution >= 0.6 is 0 Å². The van der Waals surface area contributed by atoms with Crippen LogP contribution in [0.4, 0.5) is 5.69 Å². The van der Waals surface area contributed by atoms with Crippen molar-refractivity contribution in [2.24, 2.45) is 7.05 Å². The van der Waals surface area contributed by atoms with Gasteiger partial charge in [-0.1, -0.05) is 36.4 Å². The van der Waals surface area contributed by atoms with E-state index < -0.39 is 18.0 Å². The fourth-order valence-electron chi connectivity index (χ4n) is 4.30. The topological polar surface area (TPSA) is 86.0 Å². The Morgan fingerprint density at radius 3 is 2.14 bits per heavy atom. The number of fused-ring (bicyclic) bond motifs is 1. The molecule has 3 aromatic rings. The molecule has 4 rings (SSSR count). The van der Waals surface area contributed by atoms with E-state index in [-0.39, 0.29) is 5.69 Å². The van der Waals surface area contributed by atoms with Gasteiger partial charge in [-0.2, -0.15) is 0 Å². The zero-order valence-corrected chi connectivity index (χ0v) is 16.2. The van der Waals surface area contributed by atoms with Crippen LogP contribution in [0.15, 0.2) is 54.6 Å². The van der Waals surface area contributed by atoms with E-state index in [9.17, 15) is 19.8 Å². The highest BCUT2D eigenvalue weighted by Crippen LogP contribution is 2.35. The molecule has 7 nitrogen and oxygen atoms in total. The lowest BCUT2D eigenvalue weighted by molar-refractivity contribution is -0.143. The van der Waals surface area contributed by atoms with Crippen LogP contribution in [0.1, 0.15) is 22.1 Å². The number of para-hydroxylation sites is 2. The average Bonchev–Trinajstić information content (AvgIpc) is 3.02. The third-order valence-corrected chi connectivity index (χ3v) is 5.66. The predicted molar refractivity (Wildman–Crippen MR) is 110 cm³/mol. The molecular formula is C22H23N3O4. The molecule has 0 bridgehead atoms. The summed E-state index contributed by atoms with van der Waals surface area (Å²) in [5, 5.41) is 20.6. The normalized spacial score (nSPS) is 16.1. The van der Waals surface area contributed by atoms with Crippen molar-refractivity contribution in [1.82, 2.24) is 9.47 Å². The molecule has 0 aliphatic carbocycles. The molecule has 0 spiro atoms. The summed E-state index contributed by atoms with van der Waals surface area (Å²) in [4.78, 5) is 28.4. The summed E-state index contributed by atoms with van der Waals surface area (Å²) in [6.07, 6.45) is 0. The first-order valence-corrected chi connectivity index (χ1v) is 9.56. The van der Waals surface area contributed by atoms with Crippen molar-refractivity contribution in [2.45, 2.75) is 6.04 Å². The number of piperazine rings is 1. The maximum absolute atomic E-state index is 12.3.